The minimum Gasteiger partial charge on any atom is -0.465 e. The van der Waals surface area contributed by atoms with Gasteiger partial charge in [-0.2, -0.15) is 18.3 Å². The minimum atomic E-state index is -4.74. The van der Waals surface area contributed by atoms with Gasteiger partial charge in [-0.15, -0.1) is 0 Å². The Labute approximate surface area is 213 Å². The number of aliphatic hydroxyl groups excluding tert-OH is 1. The van der Waals surface area contributed by atoms with Crippen LogP contribution in [0.1, 0.15) is 51.9 Å². The highest BCUT2D eigenvalue weighted by Crippen LogP contribution is 2.41. The van der Waals surface area contributed by atoms with Gasteiger partial charge in [0.05, 0.1) is 24.8 Å². The van der Waals surface area contributed by atoms with Crippen LogP contribution in [-0.2, 0) is 24.0 Å². The molecule has 3 aromatic rings. The quantitative estimate of drug-likeness (QED) is 0.344. The first-order valence-electron chi connectivity index (χ1n) is 11.8. The molecule has 37 heavy (non-hydrogen) atoms. The van der Waals surface area contributed by atoms with E-state index in [0.29, 0.717) is 24.2 Å². The van der Waals surface area contributed by atoms with Crippen LogP contribution in [0.3, 0.4) is 0 Å². The number of fused-ring (bicyclic) bond motifs is 1. The third-order valence-electron chi connectivity index (χ3n) is 6.42. The van der Waals surface area contributed by atoms with Gasteiger partial charge in [0, 0.05) is 38.9 Å². The van der Waals surface area contributed by atoms with Crippen LogP contribution in [0.15, 0.2) is 48.5 Å². The van der Waals surface area contributed by atoms with Crippen molar-refractivity contribution >= 4 is 17.5 Å². The SMILES string of the molecule is COC(=O)c1ccc([C@H](C)NC(O)c2c(C(F)(F)F)nn3c2N(Cc2cccc(N(C)C)c2)CC3)cc1. The van der Waals surface area contributed by atoms with E-state index in [9.17, 15) is 23.1 Å². The number of methoxy groups -OCH3 is 1. The molecule has 1 unspecified atom stereocenters. The third kappa shape index (κ3) is 5.57. The van der Waals surface area contributed by atoms with Gasteiger partial charge in [0.1, 0.15) is 12.0 Å². The van der Waals surface area contributed by atoms with Crippen LogP contribution in [-0.4, -0.2) is 48.6 Å². The van der Waals surface area contributed by atoms with Crippen molar-refractivity contribution < 1.29 is 27.8 Å². The molecule has 0 saturated carbocycles. The van der Waals surface area contributed by atoms with Gasteiger partial charge in [-0.3, -0.25) is 5.32 Å². The van der Waals surface area contributed by atoms with Gasteiger partial charge < -0.3 is 19.6 Å². The number of esters is 1. The minimum absolute atomic E-state index is 0.246. The van der Waals surface area contributed by atoms with Crippen molar-refractivity contribution in [3.8, 4) is 0 Å². The molecule has 8 nitrogen and oxygen atoms in total. The van der Waals surface area contributed by atoms with Crippen molar-refractivity contribution in [2.24, 2.45) is 0 Å². The van der Waals surface area contributed by atoms with Gasteiger partial charge in [0.25, 0.3) is 0 Å². The number of carbonyl (C=O) groups is 1. The lowest BCUT2D eigenvalue weighted by Crippen LogP contribution is -2.29. The first-order valence-corrected chi connectivity index (χ1v) is 11.8. The molecule has 11 heteroatoms. The van der Waals surface area contributed by atoms with Gasteiger partial charge in [-0.25, -0.2) is 9.48 Å². The average molecular weight is 518 g/mol. The smallest absolute Gasteiger partial charge is 0.435 e. The summed E-state index contributed by atoms with van der Waals surface area (Å²) in [5.74, 6) is -0.246. The summed E-state index contributed by atoms with van der Waals surface area (Å²) < 4.78 is 48.0. The number of aliphatic hydroxyl groups is 1. The molecule has 1 aliphatic heterocycles. The number of aromatic nitrogens is 2. The lowest BCUT2D eigenvalue weighted by atomic mass is 10.0. The molecule has 2 heterocycles. The van der Waals surface area contributed by atoms with E-state index in [4.69, 9.17) is 4.74 Å². The topological polar surface area (TPSA) is 82.9 Å². The van der Waals surface area contributed by atoms with Crippen molar-refractivity contribution in [2.45, 2.75) is 38.5 Å². The molecule has 1 aromatic heterocycles. The first-order chi connectivity index (χ1) is 17.5. The van der Waals surface area contributed by atoms with E-state index < -0.39 is 30.1 Å². The van der Waals surface area contributed by atoms with E-state index in [1.807, 2.05) is 48.2 Å². The lowest BCUT2D eigenvalue weighted by molar-refractivity contribution is -0.143. The highest BCUT2D eigenvalue weighted by molar-refractivity contribution is 5.89. The summed E-state index contributed by atoms with van der Waals surface area (Å²) in [5, 5.41) is 17.8. The number of halogens is 3. The van der Waals surface area contributed by atoms with E-state index in [1.54, 1.807) is 31.2 Å². The third-order valence-corrected chi connectivity index (χ3v) is 6.42. The van der Waals surface area contributed by atoms with Gasteiger partial charge in [0.2, 0.25) is 0 Å². The van der Waals surface area contributed by atoms with E-state index >= 15 is 0 Å². The Hall–Kier alpha value is -3.57. The standard InChI is InChI=1S/C26H30F3N5O3/c1-16(18-8-10-19(11-9-18)25(36)37-4)30-23(35)21-22(26(27,28)29)31-34-13-12-33(24(21)34)15-17-6-5-7-20(14-17)32(2)3/h5-11,14,16,23,30,35H,12-13,15H2,1-4H3/t16-,23?/m0/s1. The second kappa shape index (κ2) is 10.4. The molecular formula is C26H30F3N5O3. The van der Waals surface area contributed by atoms with Crippen LogP contribution in [0.4, 0.5) is 24.7 Å². The van der Waals surface area contributed by atoms with Crippen LogP contribution in [0.25, 0.3) is 0 Å². The fourth-order valence-electron chi connectivity index (χ4n) is 4.49. The molecule has 1 aliphatic rings. The fourth-order valence-corrected chi connectivity index (χ4v) is 4.49. The van der Waals surface area contributed by atoms with E-state index in [-0.39, 0.29) is 17.9 Å². The zero-order valence-electron chi connectivity index (χ0n) is 21.1. The largest absolute Gasteiger partial charge is 0.465 e. The molecule has 0 fully saturated rings. The molecule has 0 spiro atoms. The molecule has 0 saturated heterocycles. The summed E-state index contributed by atoms with van der Waals surface area (Å²) in [7, 11) is 5.12. The molecule has 0 bridgehead atoms. The van der Waals surface area contributed by atoms with Gasteiger partial charge >= 0.3 is 12.1 Å². The van der Waals surface area contributed by atoms with E-state index in [2.05, 4.69) is 10.4 Å². The number of benzene rings is 2. The summed E-state index contributed by atoms with van der Waals surface area (Å²) in [5.41, 5.74) is 1.54. The van der Waals surface area contributed by atoms with Crippen LogP contribution in [0.2, 0.25) is 0 Å². The van der Waals surface area contributed by atoms with Crippen LogP contribution in [0.5, 0.6) is 0 Å². The molecule has 0 amide bonds. The number of nitrogens with zero attached hydrogens (tertiary/aromatic N) is 4. The maximum absolute atomic E-state index is 14.0. The summed E-state index contributed by atoms with van der Waals surface area (Å²) in [6.07, 6.45) is -6.37. The number of hydrogen-bond acceptors (Lipinski definition) is 7. The van der Waals surface area contributed by atoms with Crippen molar-refractivity contribution in [1.82, 2.24) is 15.1 Å². The number of alkyl halides is 3. The number of rotatable bonds is 8. The number of carbonyl (C=O) groups excluding carboxylic acids is 1. The highest BCUT2D eigenvalue weighted by Gasteiger charge is 2.44. The number of nitrogens with one attached hydrogen (secondary N) is 1. The Morgan fingerprint density at radius 2 is 1.89 bits per heavy atom. The number of anilines is 2. The van der Waals surface area contributed by atoms with E-state index in [0.717, 1.165) is 11.3 Å². The average Bonchev–Trinajstić information content (AvgIpc) is 3.44. The van der Waals surface area contributed by atoms with Crippen LogP contribution in [0, 0.1) is 0 Å². The molecule has 2 N–H and O–H groups in total. The van der Waals surface area contributed by atoms with Crippen molar-refractivity contribution in [1.29, 1.82) is 0 Å². The summed E-state index contributed by atoms with van der Waals surface area (Å²) in [4.78, 5) is 15.4. The fraction of sp³-hybridized carbons (Fsp3) is 0.385. The van der Waals surface area contributed by atoms with Crippen LogP contribution >= 0.6 is 0 Å². The molecule has 198 valence electrons. The second-order valence-corrected chi connectivity index (χ2v) is 9.20. The second-order valence-electron chi connectivity index (χ2n) is 9.20. The number of hydrogen-bond donors (Lipinski definition) is 2. The molecule has 2 aromatic carbocycles. The zero-order valence-corrected chi connectivity index (χ0v) is 21.1. The van der Waals surface area contributed by atoms with Gasteiger partial charge in [-0.05, 0) is 42.3 Å². The number of ether oxygens (including phenoxy) is 1. The monoisotopic (exact) mass is 517 g/mol. The molecular weight excluding hydrogens is 487 g/mol. The van der Waals surface area contributed by atoms with Gasteiger partial charge in [0.15, 0.2) is 5.69 Å². The maximum atomic E-state index is 14.0. The Bertz CT molecular complexity index is 1260. The lowest BCUT2D eigenvalue weighted by Gasteiger charge is -2.25. The molecule has 2 atom stereocenters. The normalized spacial score (nSPS) is 14.9. The Balaban J connectivity index is 1.62. The zero-order chi connectivity index (χ0) is 26.9. The Morgan fingerprint density at radius 3 is 2.51 bits per heavy atom. The predicted molar refractivity (Wildman–Crippen MR) is 133 cm³/mol. The predicted octanol–water partition coefficient (Wildman–Crippen LogP) is 4.12. The summed E-state index contributed by atoms with van der Waals surface area (Å²) in [6, 6.07) is 13.7. The first kappa shape index (κ1) is 26.5. The van der Waals surface area contributed by atoms with Crippen LogP contribution < -0.4 is 15.1 Å². The molecule has 4 rings (SSSR count). The maximum Gasteiger partial charge on any atom is 0.435 e. The van der Waals surface area contributed by atoms with Gasteiger partial charge in [-0.1, -0.05) is 24.3 Å². The molecule has 0 radical (unpaired) electrons. The summed E-state index contributed by atoms with van der Waals surface area (Å²) in [6.45, 7) is 2.84. The summed E-state index contributed by atoms with van der Waals surface area (Å²) >= 11 is 0. The van der Waals surface area contributed by atoms with Crippen molar-refractivity contribution in [3.63, 3.8) is 0 Å². The Morgan fingerprint density at radius 1 is 1.19 bits per heavy atom. The molecule has 0 aliphatic carbocycles. The highest BCUT2D eigenvalue weighted by atomic mass is 19.4. The van der Waals surface area contributed by atoms with Crippen molar-refractivity contribution in [3.05, 3.63) is 76.5 Å². The van der Waals surface area contributed by atoms with Crippen molar-refractivity contribution in [2.75, 3.05) is 37.5 Å². The Kier molecular flexibility index (Phi) is 7.47. The van der Waals surface area contributed by atoms with E-state index in [1.165, 1.54) is 11.8 Å².